The maximum Gasteiger partial charge on any atom is 0.351 e. The number of nitrogens with two attached hydrogens (primary N) is 1. The molecule has 0 bridgehead atoms. The SMILES string of the molecule is C[Si](C)(OC1C(CO)OC(n2ccc(N)nc2=O)C1(F)F)C1CCCCC1. The fourth-order valence-corrected chi connectivity index (χ4v) is 7.04. The van der Waals surface area contributed by atoms with Gasteiger partial charge in [0, 0.05) is 6.20 Å². The summed E-state index contributed by atoms with van der Waals surface area (Å²) in [6.45, 7) is 3.26. The Hall–Kier alpha value is -1.36. The molecule has 3 unspecified atom stereocenters. The first-order valence-corrected chi connectivity index (χ1v) is 12.3. The van der Waals surface area contributed by atoms with Crippen LogP contribution in [-0.2, 0) is 9.16 Å². The largest absolute Gasteiger partial charge is 0.405 e. The monoisotopic (exact) mass is 403 g/mol. The predicted octanol–water partition coefficient (Wildman–Crippen LogP) is 2.28. The van der Waals surface area contributed by atoms with E-state index in [1.54, 1.807) is 0 Å². The van der Waals surface area contributed by atoms with E-state index in [9.17, 15) is 9.90 Å². The molecule has 2 fully saturated rings. The number of aromatic nitrogens is 2. The molecule has 3 atom stereocenters. The molecule has 0 radical (unpaired) electrons. The zero-order chi connectivity index (χ0) is 19.8. The molecule has 10 heteroatoms. The average Bonchev–Trinajstić information content (AvgIpc) is 2.86. The fourth-order valence-electron chi connectivity index (χ4n) is 4.09. The summed E-state index contributed by atoms with van der Waals surface area (Å²) in [6.07, 6.45) is 1.70. The Morgan fingerprint density at radius 2 is 2.07 bits per heavy atom. The van der Waals surface area contributed by atoms with Gasteiger partial charge in [-0.1, -0.05) is 32.1 Å². The third-order valence-electron chi connectivity index (χ3n) is 5.65. The van der Waals surface area contributed by atoms with Gasteiger partial charge in [-0.05, 0) is 24.7 Å². The Balaban J connectivity index is 1.87. The maximum absolute atomic E-state index is 15.2. The summed E-state index contributed by atoms with van der Waals surface area (Å²) in [5.74, 6) is -3.55. The molecule has 1 aliphatic heterocycles. The lowest BCUT2D eigenvalue weighted by Crippen LogP contribution is -2.51. The normalized spacial score (nSPS) is 29.1. The predicted molar refractivity (Wildman–Crippen MR) is 98.0 cm³/mol. The smallest absolute Gasteiger partial charge is 0.351 e. The van der Waals surface area contributed by atoms with Crippen LogP contribution in [0, 0.1) is 0 Å². The van der Waals surface area contributed by atoms with Gasteiger partial charge in [-0.2, -0.15) is 13.8 Å². The molecule has 7 nitrogen and oxygen atoms in total. The minimum Gasteiger partial charge on any atom is -0.405 e. The Labute approximate surface area is 157 Å². The Morgan fingerprint density at radius 1 is 1.41 bits per heavy atom. The van der Waals surface area contributed by atoms with Crippen molar-refractivity contribution < 1.29 is 23.1 Å². The standard InChI is InChI=1S/C17H27F2N3O4Si/c1-27(2,11-6-4-3-5-7-11)26-14-12(10-23)25-15(17(14,18)19)22-9-8-13(20)21-16(22)24/h8-9,11-12,14-15,23H,3-7,10H2,1-2H3,(H2,20,21,24). The van der Waals surface area contributed by atoms with Gasteiger partial charge in [0.25, 0.3) is 0 Å². The van der Waals surface area contributed by atoms with Gasteiger partial charge in [-0.15, -0.1) is 0 Å². The highest BCUT2D eigenvalue weighted by Crippen LogP contribution is 2.47. The van der Waals surface area contributed by atoms with Crippen molar-refractivity contribution in [3.63, 3.8) is 0 Å². The van der Waals surface area contributed by atoms with Crippen LogP contribution in [0.3, 0.4) is 0 Å². The molecular weight excluding hydrogens is 376 g/mol. The summed E-state index contributed by atoms with van der Waals surface area (Å²) >= 11 is 0. The van der Waals surface area contributed by atoms with Crippen LogP contribution in [0.15, 0.2) is 17.1 Å². The number of halogens is 2. The van der Waals surface area contributed by atoms with Crippen LogP contribution < -0.4 is 11.4 Å². The molecule has 1 saturated carbocycles. The summed E-state index contributed by atoms with van der Waals surface area (Å²) in [6, 6.07) is 1.25. The Bertz CT molecular complexity index is 724. The molecule has 152 valence electrons. The van der Waals surface area contributed by atoms with Crippen LogP contribution in [0.25, 0.3) is 0 Å². The molecule has 27 heavy (non-hydrogen) atoms. The molecular formula is C17H27F2N3O4Si. The molecule has 1 aliphatic carbocycles. The van der Waals surface area contributed by atoms with E-state index in [1.165, 1.54) is 6.07 Å². The highest BCUT2D eigenvalue weighted by atomic mass is 28.4. The lowest BCUT2D eigenvalue weighted by molar-refractivity contribution is -0.138. The zero-order valence-corrected chi connectivity index (χ0v) is 16.6. The second-order valence-corrected chi connectivity index (χ2v) is 12.2. The van der Waals surface area contributed by atoms with Gasteiger partial charge in [0.2, 0.25) is 6.23 Å². The maximum atomic E-state index is 15.2. The summed E-state index contributed by atoms with van der Waals surface area (Å²) in [7, 11) is -2.46. The first-order valence-electron chi connectivity index (χ1n) is 9.33. The van der Waals surface area contributed by atoms with Gasteiger partial charge >= 0.3 is 11.6 Å². The van der Waals surface area contributed by atoms with Crippen LogP contribution in [0.2, 0.25) is 18.6 Å². The van der Waals surface area contributed by atoms with Gasteiger partial charge in [0.1, 0.15) is 18.0 Å². The van der Waals surface area contributed by atoms with E-state index >= 15 is 8.78 Å². The molecule has 1 saturated heterocycles. The third-order valence-corrected chi connectivity index (χ3v) is 9.06. The molecule has 2 heterocycles. The highest BCUT2D eigenvalue weighted by Gasteiger charge is 2.62. The lowest BCUT2D eigenvalue weighted by atomic mass is 10.0. The average molecular weight is 404 g/mol. The minimum atomic E-state index is -3.49. The molecule has 3 rings (SSSR count). The number of nitrogens with zero attached hydrogens (tertiary/aromatic N) is 2. The molecule has 3 N–H and O–H groups in total. The first-order chi connectivity index (χ1) is 12.7. The minimum absolute atomic E-state index is 0.0603. The van der Waals surface area contributed by atoms with Gasteiger partial charge in [0.05, 0.1) is 6.61 Å². The molecule has 0 amide bonds. The van der Waals surface area contributed by atoms with E-state index in [1.807, 2.05) is 13.1 Å². The third kappa shape index (κ3) is 3.94. The number of hydrogen-bond donors (Lipinski definition) is 2. The van der Waals surface area contributed by atoms with E-state index in [-0.39, 0.29) is 5.82 Å². The van der Waals surface area contributed by atoms with Gasteiger partial charge in [-0.25, -0.2) is 4.79 Å². The number of hydrogen-bond acceptors (Lipinski definition) is 6. The number of aliphatic hydroxyl groups excluding tert-OH is 1. The molecule has 2 aliphatic rings. The second-order valence-electron chi connectivity index (χ2n) is 7.90. The quantitative estimate of drug-likeness (QED) is 0.732. The van der Waals surface area contributed by atoms with Crippen molar-refractivity contribution in [2.45, 2.75) is 75.1 Å². The van der Waals surface area contributed by atoms with Crippen molar-refractivity contribution in [2.24, 2.45) is 0 Å². The summed E-state index contributed by atoms with van der Waals surface area (Å²) in [5, 5.41) is 9.61. The van der Waals surface area contributed by atoms with E-state index in [0.29, 0.717) is 10.1 Å². The molecule has 0 aromatic carbocycles. The second kappa shape index (κ2) is 7.57. The van der Waals surface area contributed by atoms with Crippen LogP contribution in [0.5, 0.6) is 0 Å². The fraction of sp³-hybridized carbons (Fsp3) is 0.765. The highest BCUT2D eigenvalue weighted by molar-refractivity contribution is 6.72. The molecule has 0 spiro atoms. The molecule has 1 aromatic heterocycles. The van der Waals surface area contributed by atoms with Gasteiger partial charge in [-0.3, -0.25) is 4.57 Å². The molecule has 1 aromatic rings. The van der Waals surface area contributed by atoms with E-state index in [4.69, 9.17) is 14.9 Å². The van der Waals surface area contributed by atoms with Crippen molar-refractivity contribution in [3.05, 3.63) is 22.7 Å². The number of anilines is 1. The van der Waals surface area contributed by atoms with Crippen LogP contribution in [0.1, 0.15) is 38.3 Å². The number of aliphatic hydroxyl groups is 1. The number of rotatable bonds is 5. The van der Waals surface area contributed by atoms with Crippen LogP contribution in [-0.4, -0.2) is 47.7 Å². The summed E-state index contributed by atoms with van der Waals surface area (Å²) < 4.78 is 42.5. The van der Waals surface area contributed by atoms with Gasteiger partial charge < -0.3 is 20.0 Å². The Morgan fingerprint density at radius 3 is 2.67 bits per heavy atom. The first kappa shape index (κ1) is 20.4. The van der Waals surface area contributed by atoms with Crippen LogP contribution >= 0.6 is 0 Å². The lowest BCUT2D eigenvalue weighted by Gasteiger charge is -2.38. The van der Waals surface area contributed by atoms with Crippen molar-refractivity contribution in [1.82, 2.24) is 9.55 Å². The van der Waals surface area contributed by atoms with E-state index < -0.39 is 45.0 Å². The number of nitrogen functional groups attached to an aromatic ring is 1. The number of alkyl halides is 2. The van der Waals surface area contributed by atoms with Crippen molar-refractivity contribution in [2.75, 3.05) is 12.3 Å². The van der Waals surface area contributed by atoms with Crippen molar-refractivity contribution in [1.29, 1.82) is 0 Å². The van der Waals surface area contributed by atoms with E-state index in [0.717, 1.165) is 38.3 Å². The van der Waals surface area contributed by atoms with Crippen molar-refractivity contribution in [3.8, 4) is 0 Å². The Kier molecular flexibility index (Phi) is 5.71. The topological polar surface area (TPSA) is 99.6 Å². The van der Waals surface area contributed by atoms with Gasteiger partial charge in [0.15, 0.2) is 8.32 Å². The summed E-state index contributed by atoms with van der Waals surface area (Å²) in [5.41, 5.74) is 4.79. The van der Waals surface area contributed by atoms with Crippen molar-refractivity contribution >= 4 is 14.1 Å². The zero-order valence-electron chi connectivity index (χ0n) is 15.6. The van der Waals surface area contributed by atoms with Crippen LogP contribution in [0.4, 0.5) is 14.6 Å². The van der Waals surface area contributed by atoms with E-state index in [2.05, 4.69) is 4.98 Å². The summed E-state index contributed by atoms with van der Waals surface area (Å²) in [4.78, 5) is 15.5. The number of ether oxygens (including phenoxy) is 1.